The molecule has 3 heterocycles. The number of fused-ring (bicyclic) bond motifs is 1. The first-order chi connectivity index (χ1) is 16.8. The standard InChI is InChI=1S/C26H25FN4O3S/c1-17-29-24-23(31(17)21-12-14-35(33,34)16-21)15-22(19-5-3-2-4-6-19)30-25(24)26(32)28-13-11-18-7-9-20(27)10-8-18/h2-10,15,21H,11-14,16H2,1H3,(H,28,32). The Balaban J connectivity index is 1.52. The summed E-state index contributed by atoms with van der Waals surface area (Å²) >= 11 is 0. The van der Waals surface area contributed by atoms with Gasteiger partial charge in [-0.15, -0.1) is 0 Å². The highest BCUT2D eigenvalue weighted by atomic mass is 32.2. The van der Waals surface area contributed by atoms with E-state index < -0.39 is 9.84 Å². The Hall–Kier alpha value is -3.59. The normalized spacial score (nSPS) is 17.0. The second-order valence-electron chi connectivity index (χ2n) is 8.81. The highest BCUT2D eigenvalue weighted by Gasteiger charge is 2.32. The Morgan fingerprint density at radius 1 is 1.11 bits per heavy atom. The molecule has 2 aromatic carbocycles. The van der Waals surface area contributed by atoms with Crippen LogP contribution in [0.1, 0.15) is 34.3 Å². The van der Waals surface area contributed by atoms with E-state index in [4.69, 9.17) is 0 Å². The minimum atomic E-state index is -3.10. The predicted molar refractivity (Wildman–Crippen MR) is 132 cm³/mol. The number of imidazole rings is 1. The second-order valence-corrected chi connectivity index (χ2v) is 11.0. The fourth-order valence-corrected chi connectivity index (χ4v) is 6.32. The second kappa shape index (κ2) is 9.22. The molecule has 1 fully saturated rings. The SMILES string of the molecule is Cc1nc2c(C(=O)NCCc3ccc(F)cc3)nc(-c3ccccc3)cc2n1C1CCS(=O)(=O)C1. The Morgan fingerprint density at radius 2 is 1.86 bits per heavy atom. The highest BCUT2D eigenvalue weighted by Crippen LogP contribution is 2.32. The molecular formula is C26H25FN4O3S. The van der Waals surface area contributed by atoms with Crippen molar-refractivity contribution in [1.82, 2.24) is 19.9 Å². The van der Waals surface area contributed by atoms with E-state index in [1.165, 1.54) is 12.1 Å². The summed E-state index contributed by atoms with van der Waals surface area (Å²) in [7, 11) is -3.10. The number of carbonyl (C=O) groups excluding carboxylic acids is 1. The van der Waals surface area contributed by atoms with Gasteiger partial charge in [-0.05, 0) is 43.5 Å². The van der Waals surface area contributed by atoms with Crippen molar-refractivity contribution in [3.05, 3.63) is 83.6 Å². The van der Waals surface area contributed by atoms with Crippen molar-refractivity contribution in [1.29, 1.82) is 0 Å². The molecule has 35 heavy (non-hydrogen) atoms. The van der Waals surface area contributed by atoms with Crippen LogP contribution in [0.25, 0.3) is 22.3 Å². The number of rotatable bonds is 6. The summed E-state index contributed by atoms with van der Waals surface area (Å²) in [6, 6.07) is 17.3. The molecular weight excluding hydrogens is 467 g/mol. The Morgan fingerprint density at radius 3 is 2.54 bits per heavy atom. The summed E-state index contributed by atoms with van der Waals surface area (Å²) in [5, 5.41) is 2.90. The Kier molecular flexibility index (Phi) is 6.10. The molecule has 4 aromatic rings. The van der Waals surface area contributed by atoms with Gasteiger partial charge in [-0.1, -0.05) is 42.5 Å². The maximum Gasteiger partial charge on any atom is 0.272 e. The smallest absolute Gasteiger partial charge is 0.272 e. The molecule has 0 saturated carbocycles. The number of aryl methyl sites for hydroxylation is 1. The number of hydrogen-bond acceptors (Lipinski definition) is 5. The topological polar surface area (TPSA) is 93.9 Å². The first kappa shape index (κ1) is 23.2. The molecule has 0 bridgehead atoms. The zero-order valence-electron chi connectivity index (χ0n) is 19.2. The van der Waals surface area contributed by atoms with Crippen LogP contribution in [0.5, 0.6) is 0 Å². The Labute approximate surface area is 203 Å². The van der Waals surface area contributed by atoms with Crippen molar-refractivity contribution < 1.29 is 17.6 Å². The number of sulfone groups is 1. The summed E-state index contributed by atoms with van der Waals surface area (Å²) in [6.45, 7) is 2.17. The molecule has 1 aliphatic heterocycles. The van der Waals surface area contributed by atoms with Crippen molar-refractivity contribution >= 4 is 26.8 Å². The maximum atomic E-state index is 13.3. The molecule has 1 saturated heterocycles. The van der Waals surface area contributed by atoms with Gasteiger partial charge in [0.25, 0.3) is 5.91 Å². The van der Waals surface area contributed by atoms with Gasteiger partial charge in [0.15, 0.2) is 15.5 Å². The van der Waals surface area contributed by atoms with E-state index in [1.54, 1.807) is 12.1 Å². The molecule has 1 atom stereocenters. The fourth-order valence-electron chi connectivity index (χ4n) is 4.62. The van der Waals surface area contributed by atoms with Crippen molar-refractivity contribution in [3.63, 3.8) is 0 Å². The average Bonchev–Trinajstić information content (AvgIpc) is 3.37. The third-order valence-corrected chi connectivity index (χ3v) is 8.08. The summed E-state index contributed by atoms with van der Waals surface area (Å²) < 4.78 is 39.4. The van der Waals surface area contributed by atoms with Crippen LogP contribution in [0.15, 0.2) is 60.7 Å². The Bertz CT molecular complexity index is 1500. The third-order valence-electron chi connectivity index (χ3n) is 6.33. The van der Waals surface area contributed by atoms with E-state index in [0.717, 1.165) is 11.1 Å². The molecule has 1 N–H and O–H groups in total. The zero-order valence-corrected chi connectivity index (χ0v) is 20.1. The van der Waals surface area contributed by atoms with Crippen molar-refractivity contribution in [2.45, 2.75) is 25.8 Å². The quantitative estimate of drug-likeness (QED) is 0.441. The molecule has 1 amide bonds. The first-order valence-corrected chi connectivity index (χ1v) is 13.3. The van der Waals surface area contributed by atoms with E-state index in [1.807, 2.05) is 47.9 Å². The number of halogens is 1. The van der Waals surface area contributed by atoms with Crippen LogP contribution in [-0.4, -0.2) is 46.9 Å². The summed E-state index contributed by atoms with van der Waals surface area (Å²) in [6.07, 6.45) is 1.05. The van der Waals surface area contributed by atoms with Gasteiger partial charge in [0, 0.05) is 12.1 Å². The lowest BCUT2D eigenvalue weighted by Crippen LogP contribution is -2.27. The minimum absolute atomic E-state index is 0.0570. The molecule has 180 valence electrons. The number of hydrogen-bond donors (Lipinski definition) is 1. The zero-order chi connectivity index (χ0) is 24.6. The van der Waals surface area contributed by atoms with E-state index in [2.05, 4.69) is 15.3 Å². The van der Waals surface area contributed by atoms with Crippen LogP contribution in [0, 0.1) is 12.7 Å². The van der Waals surface area contributed by atoms with Gasteiger partial charge in [-0.25, -0.2) is 22.8 Å². The number of amides is 1. The lowest BCUT2D eigenvalue weighted by Gasteiger charge is -2.15. The number of carbonyl (C=O) groups is 1. The van der Waals surface area contributed by atoms with E-state index in [-0.39, 0.29) is 35.0 Å². The molecule has 9 heteroatoms. The summed E-state index contributed by atoms with van der Waals surface area (Å²) in [4.78, 5) is 22.6. The third kappa shape index (κ3) is 4.81. The molecule has 0 aliphatic carbocycles. The van der Waals surface area contributed by atoms with E-state index >= 15 is 0 Å². The molecule has 1 unspecified atom stereocenters. The van der Waals surface area contributed by atoms with Gasteiger partial charge in [-0.2, -0.15) is 0 Å². The predicted octanol–water partition coefficient (Wildman–Crippen LogP) is 3.88. The number of benzene rings is 2. The monoisotopic (exact) mass is 492 g/mol. The lowest BCUT2D eigenvalue weighted by atomic mass is 10.1. The lowest BCUT2D eigenvalue weighted by molar-refractivity contribution is 0.0951. The van der Waals surface area contributed by atoms with Crippen LogP contribution in [0.3, 0.4) is 0 Å². The summed E-state index contributed by atoms with van der Waals surface area (Å²) in [5.74, 6) is 0.183. The number of nitrogens with one attached hydrogen (secondary N) is 1. The van der Waals surface area contributed by atoms with Gasteiger partial charge < -0.3 is 9.88 Å². The van der Waals surface area contributed by atoms with Gasteiger partial charge in [0.1, 0.15) is 17.2 Å². The number of nitrogens with zero attached hydrogens (tertiary/aromatic N) is 3. The highest BCUT2D eigenvalue weighted by molar-refractivity contribution is 7.91. The maximum absolute atomic E-state index is 13.3. The number of aromatic nitrogens is 3. The largest absolute Gasteiger partial charge is 0.350 e. The molecule has 7 nitrogen and oxygen atoms in total. The van der Waals surface area contributed by atoms with Crippen LogP contribution in [0.4, 0.5) is 4.39 Å². The molecule has 1 aliphatic rings. The van der Waals surface area contributed by atoms with Gasteiger partial charge >= 0.3 is 0 Å². The van der Waals surface area contributed by atoms with E-state index in [9.17, 15) is 17.6 Å². The van der Waals surface area contributed by atoms with Gasteiger partial charge in [0.05, 0.1) is 28.8 Å². The molecule has 2 aromatic heterocycles. The number of pyridine rings is 1. The first-order valence-electron chi connectivity index (χ1n) is 11.5. The molecule has 0 spiro atoms. The van der Waals surface area contributed by atoms with Crippen LogP contribution in [-0.2, 0) is 16.3 Å². The van der Waals surface area contributed by atoms with Crippen LogP contribution in [0.2, 0.25) is 0 Å². The van der Waals surface area contributed by atoms with Crippen molar-refractivity contribution in [2.75, 3.05) is 18.1 Å². The van der Waals surface area contributed by atoms with Crippen molar-refractivity contribution in [3.8, 4) is 11.3 Å². The van der Waals surface area contributed by atoms with E-state index in [0.29, 0.717) is 41.9 Å². The van der Waals surface area contributed by atoms with Gasteiger partial charge in [0.2, 0.25) is 0 Å². The molecule has 0 radical (unpaired) electrons. The average molecular weight is 493 g/mol. The van der Waals surface area contributed by atoms with Crippen LogP contribution < -0.4 is 5.32 Å². The molecule has 5 rings (SSSR count). The van der Waals surface area contributed by atoms with Gasteiger partial charge in [-0.3, -0.25) is 4.79 Å². The summed E-state index contributed by atoms with van der Waals surface area (Å²) in [5.41, 5.74) is 3.71. The minimum Gasteiger partial charge on any atom is -0.350 e. The van der Waals surface area contributed by atoms with Crippen LogP contribution >= 0.6 is 0 Å². The fraction of sp³-hybridized carbons (Fsp3) is 0.269. The van der Waals surface area contributed by atoms with Crippen molar-refractivity contribution in [2.24, 2.45) is 0 Å².